The molecule has 3 nitrogen and oxygen atoms in total. The lowest BCUT2D eigenvalue weighted by molar-refractivity contribution is -0.119. The predicted molar refractivity (Wildman–Crippen MR) is 55.1 cm³/mol. The minimum absolute atomic E-state index is 0.296. The van der Waals surface area contributed by atoms with Gasteiger partial charge in [0, 0.05) is 12.0 Å². The molecule has 1 amide bonds. The molecule has 0 heterocycles. The number of carbonyl (C=O) groups is 1. The van der Waals surface area contributed by atoms with E-state index >= 15 is 0 Å². The van der Waals surface area contributed by atoms with Crippen LogP contribution >= 0.6 is 0 Å². The Bertz CT molecular complexity index is 362. The summed E-state index contributed by atoms with van der Waals surface area (Å²) in [5.41, 5.74) is 11.3. The molecule has 0 saturated heterocycles. The number of carbonyl (C=O) groups excluding carboxylic acids is 1. The third kappa shape index (κ3) is 3.30. The van der Waals surface area contributed by atoms with E-state index < -0.39 is 11.9 Å². The van der Waals surface area contributed by atoms with E-state index in [9.17, 15) is 4.79 Å². The predicted octanol–water partition coefficient (Wildman–Crippen LogP) is 0.241. The molecule has 0 aromatic heterocycles. The Kier molecular flexibility index (Phi) is 3.71. The van der Waals surface area contributed by atoms with Crippen molar-refractivity contribution in [3.8, 4) is 11.8 Å². The lowest BCUT2D eigenvalue weighted by Crippen LogP contribution is -2.35. The lowest BCUT2D eigenvalue weighted by atomic mass is 10.2. The van der Waals surface area contributed by atoms with Crippen LogP contribution in [0.3, 0.4) is 0 Å². The smallest absolute Gasteiger partial charge is 0.235 e. The summed E-state index contributed by atoms with van der Waals surface area (Å²) in [5.74, 6) is 5.18. The zero-order valence-electron chi connectivity index (χ0n) is 7.73. The van der Waals surface area contributed by atoms with Crippen molar-refractivity contribution in [3.05, 3.63) is 35.9 Å². The van der Waals surface area contributed by atoms with Gasteiger partial charge in [0.1, 0.15) is 0 Å². The highest BCUT2D eigenvalue weighted by Gasteiger charge is 2.05. The molecule has 14 heavy (non-hydrogen) atoms. The van der Waals surface area contributed by atoms with Crippen molar-refractivity contribution in [3.63, 3.8) is 0 Å². The first-order valence-corrected chi connectivity index (χ1v) is 4.29. The molecule has 1 rings (SSSR count). The van der Waals surface area contributed by atoms with Crippen LogP contribution in [0.1, 0.15) is 12.0 Å². The Balaban J connectivity index is 2.53. The van der Waals surface area contributed by atoms with Gasteiger partial charge in [-0.15, -0.1) is 0 Å². The molecule has 0 fully saturated rings. The Morgan fingerprint density at radius 1 is 1.36 bits per heavy atom. The average Bonchev–Trinajstić information content (AvgIpc) is 2.19. The van der Waals surface area contributed by atoms with Gasteiger partial charge in [0.15, 0.2) is 0 Å². The maximum atomic E-state index is 10.6. The van der Waals surface area contributed by atoms with Gasteiger partial charge in [-0.3, -0.25) is 4.79 Å². The first kappa shape index (κ1) is 10.3. The van der Waals surface area contributed by atoms with Crippen LogP contribution < -0.4 is 11.5 Å². The first-order valence-electron chi connectivity index (χ1n) is 4.29. The molecule has 0 bridgehead atoms. The van der Waals surface area contributed by atoms with Crippen LogP contribution in [0.5, 0.6) is 0 Å². The van der Waals surface area contributed by atoms with Crippen LogP contribution in [0.2, 0.25) is 0 Å². The standard InChI is InChI=1S/C11H12N2O/c12-10(11(13)14)8-4-7-9-5-2-1-3-6-9/h1-3,5-6,10H,8,12H2,(H2,13,14). The quantitative estimate of drug-likeness (QED) is 0.653. The summed E-state index contributed by atoms with van der Waals surface area (Å²) in [4.78, 5) is 10.6. The number of hydrogen-bond donors (Lipinski definition) is 2. The highest BCUT2D eigenvalue weighted by molar-refractivity contribution is 5.79. The molecule has 1 aromatic rings. The second kappa shape index (κ2) is 5.05. The zero-order chi connectivity index (χ0) is 10.4. The summed E-state index contributed by atoms with van der Waals surface area (Å²) in [7, 11) is 0. The molecular formula is C11H12N2O. The monoisotopic (exact) mass is 188 g/mol. The van der Waals surface area contributed by atoms with E-state index in [0.29, 0.717) is 6.42 Å². The second-order valence-electron chi connectivity index (χ2n) is 2.88. The second-order valence-corrected chi connectivity index (χ2v) is 2.88. The van der Waals surface area contributed by atoms with Gasteiger partial charge >= 0.3 is 0 Å². The van der Waals surface area contributed by atoms with Gasteiger partial charge < -0.3 is 11.5 Å². The van der Waals surface area contributed by atoms with Crippen LogP contribution in [-0.2, 0) is 4.79 Å². The fourth-order valence-electron chi connectivity index (χ4n) is 0.885. The summed E-state index contributed by atoms with van der Waals surface area (Å²) >= 11 is 0. The fraction of sp³-hybridized carbons (Fsp3) is 0.182. The van der Waals surface area contributed by atoms with Crippen LogP contribution in [0.4, 0.5) is 0 Å². The summed E-state index contributed by atoms with van der Waals surface area (Å²) in [6, 6.07) is 8.83. The van der Waals surface area contributed by atoms with Gasteiger partial charge in [0.05, 0.1) is 6.04 Å². The minimum atomic E-state index is -0.675. The highest BCUT2D eigenvalue weighted by atomic mass is 16.1. The van der Waals surface area contributed by atoms with E-state index in [4.69, 9.17) is 11.5 Å². The van der Waals surface area contributed by atoms with Gasteiger partial charge in [0.25, 0.3) is 0 Å². The van der Waals surface area contributed by atoms with Crippen LogP contribution in [0.15, 0.2) is 30.3 Å². The van der Waals surface area contributed by atoms with E-state index in [2.05, 4.69) is 11.8 Å². The van der Waals surface area contributed by atoms with Crippen LogP contribution in [-0.4, -0.2) is 11.9 Å². The zero-order valence-corrected chi connectivity index (χ0v) is 7.73. The molecule has 3 heteroatoms. The summed E-state index contributed by atoms with van der Waals surface area (Å²) in [6.07, 6.45) is 0.296. The molecule has 1 aromatic carbocycles. The van der Waals surface area contributed by atoms with Crippen molar-refractivity contribution >= 4 is 5.91 Å². The maximum Gasteiger partial charge on any atom is 0.235 e. The van der Waals surface area contributed by atoms with E-state index in [0.717, 1.165) is 5.56 Å². The molecule has 1 unspecified atom stereocenters. The van der Waals surface area contributed by atoms with Crippen LogP contribution in [0.25, 0.3) is 0 Å². The Labute approximate surface area is 83.1 Å². The lowest BCUT2D eigenvalue weighted by Gasteiger charge is -1.99. The number of amides is 1. The van der Waals surface area contributed by atoms with E-state index in [1.165, 1.54) is 0 Å². The van der Waals surface area contributed by atoms with Crippen molar-refractivity contribution in [2.45, 2.75) is 12.5 Å². The summed E-state index contributed by atoms with van der Waals surface area (Å²) in [5, 5.41) is 0. The number of rotatable bonds is 2. The number of benzene rings is 1. The maximum absolute atomic E-state index is 10.6. The third-order valence-electron chi connectivity index (χ3n) is 1.69. The van der Waals surface area contributed by atoms with Crippen molar-refractivity contribution in [1.82, 2.24) is 0 Å². The van der Waals surface area contributed by atoms with Crippen molar-refractivity contribution < 1.29 is 4.79 Å². The van der Waals surface area contributed by atoms with Crippen LogP contribution in [0, 0.1) is 11.8 Å². The molecular weight excluding hydrogens is 176 g/mol. The minimum Gasteiger partial charge on any atom is -0.368 e. The molecule has 0 radical (unpaired) electrons. The molecule has 4 N–H and O–H groups in total. The van der Waals surface area contributed by atoms with Gasteiger partial charge in [-0.2, -0.15) is 0 Å². The topological polar surface area (TPSA) is 69.1 Å². The molecule has 0 spiro atoms. The Morgan fingerprint density at radius 3 is 2.57 bits per heavy atom. The Hall–Kier alpha value is -1.79. The molecule has 0 aliphatic rings. The number of primary amides is 1. The molecule has 0 saturated carbocycles. The van der Waals surface area contributed by atoms with Crippen molar-refractivity contribution in [2.24, 2.45) is 11.5 Å². The fourth-order valence-corrected chi connectivity index (χ4v) is 0.885. The van der Waals surface area contributed by atoms with Crippen molar-refractivity contribution in [1.29, 1.82) is 0 Å². The largest absolute Gasteiger partial charge is 0.368 e. The third-order valence-corrected chi connectivity index (χ3v) is 1.69. The summed E-state index contributed by atoms with van der Waals surface area (Å²) in [6.45, 7) is 0. The average molecular weight is 188 g/mol. The summed E-state index contributed by atoms with van der Waals surface area (Å²) < 4.78 is 0. The van der Waals surface area contributed by atoms with E-state index in [1.807, 2.05) is 30.3 Å². The molecule has 1 atom stereocenters. The molecule has 72 valence electrons. The molecule has 0 aliphatic heterocycles. The molecule has 0 aliphatic carbocycles. The number of hydrogen-bond acceptors (Lipinski definition) is 2. The highest BCUT2D eigenvalue weighted by Crippen LogP contribution is 1.95. The van der Waals surface area contributed by atoms with Gasteiger partial charge in [-0.05, 0) is 12.1 Å². The number of nitrogens with two attached hydrogens (primary N) is 2. The normalized spacial score (nSPS) is 11.2. The van der Waals surface area contributed by atoms with Crippen molar-refractivity contribution in [2.75, 3.05) is 0 Å². The first-order chi connectivity index (χ1) is 6.70. The van der Waals surface area contributed by atoms with Gasteiger partial charge in [-0.1, -0.05) is 30.0 Å². The van der Waals surface area contributed by atoms with Gasteiger partial charge in [0.2, 0.25) is 5.91 Å². The van der Waals surface area contributed by atoms with E-state index in [-0.39, 0.29) is 0 Å². The SMILES string of the molecule is NC(=O)C(N)CC#Cc1ccccc1. The van der Waals surface area contributed by atoms with Gasteiger partial charge in [-0.25, -0.2) is 0 Å². The Morgan fingerprint density at radius 2 is 2.00 bits per heavy atom. The van der Waals surface area contributed by atoms with E-state index in [1.54, 1.807) is 0 Å².